The summed E-state index contributed by atoms with van der Waals surface area (Å²) in [7, 11) is 0. The third kappa shape index (κ3) is 24.4. The second-order valence-electron chi connectivity index (χ2n) is 14.7. The lowest BCUT2D eigenvalue weighted by molar-refractivity contribution is -0.156. The minimum atomic E-state index is -4.64. The molecule has 1 amide bonds. The Kier molecular flexibility index (Phi) is 28.0. The highest BCUT2D eigenvalue weighted by atomic mass is 127. The minimum absolute atomic E-state index is 0. The summed E-state index contributed by atoms with van der Waals surface area (Å²) in [5, 5.41) is 17.4. The molecule has 22 heteroatoms. The highest BCUT2D eigenvalue weighted by Gasteiger charge is 2.25. The Labute approximate surface area is 417 Å². The molecule has 70 heavy (non-hydrogen) atoms. The first-order chi connectivity index (χ1) is 31.8. The van der Waals surface area contributed by atoms with Crippen LogP contribution in [0.25, 0.3) is 43.6 Å². The molecule has 8 aromatic rings. The zero-order valence-electron chi connectivity index (χ0n) is 36.6. The molecular weight excluding hydrogens is 1030 g/mol. The number of nitrogens with one attached hydrogen (secondary N) is 1. The molecule has 0 aliphatic rings. The fraction of sp³-hybridized carbons (Fsp3) is 0.271. The van der Waals surface area contributed by atoms with Crippen LogP contribution in [-0.2, 0) is 14.4 Å². The zero-order chi connectivity index (χ0) is 49.4. The average molecular weight is 1080 g/mol. The second kappa shape index (κ2) is 31.4. The van der Waals surface area contributed by atoms with E-state index < -0.39 is 30.1 Å². The molecule has 8 aromatic heterocycles. The summed E-state index contributed by atoms with van der Waals surface area (Å²) in [5.74, 6) is 0.571. The number of carbonyl (C=O) groups is 3. The van der Waals surface area contributed by atoms with Gasteiger partial charge < -0.3 is 20.4 Å². The molecule has 0 bridgehead atoms. The van der Waals surface area contributed by atoms with Crippen LogP contribution in [0.3, 0.4) is 0 Å². The maximum atomic E-state index is 11.6. The van der Waals surface area contributed by atoms with Crippen LogP contribution in [0.2, 0.25) is 0 Å². The molecule has 374 valence electrons. The van der Waals surface area contributed by atoms with Crippen molar-refractivity contribution in [2.75, 3.05) is 17.7 Å². The number of halogens is 4. The van der Waals surface area contributed by atoms with E-state index in [4.69, 9.17) is 20.4 Å². The van der Waals surface area contributed by atoms with E-state index in [0.29, 0.717) is 29.7 Å². The number of carboxylic acids is 1. The molecule has 0 saturated heterocycles. The van der Waals surface area contributed by atoms with E-state index in [0.717, 1.165) is 48.2 Å². The number of ether oxygens (including phenoxy) is 1. The van der Waals surface area contributed by atoms with Gasteiger partial charge in [0.1, 0.15) is 33.2 Å². The van der Waals surface area contributed by atoms with E-state index in [9.17, 15) is 27.7 Å². The molecule has 0 aromatic carbocycles. The summed E-state index contributed by atoms with van der Waals surface area (Å²) in [6, 6.07) is 21.6. The largest absolute Gasteiger partial charge is 0.477 e. The van der Waals surface area contributed by atoms with Gasteiger partial charge in [-0.3, -0.25) is 30.0 Å². The van der Waals surface area contributed by atoms with E-state index in [1.807, 2.05) is 63.4 Å². The van der Waals surface area contributed by atoms with Crippen molar-refractivity contribution >= 4 is 96.2 Å². The fourth-order valence-corrected chi connectivity index (χ4v) is 5.21. The lowest BCUT2D eigenvalue weighted by Gasteiger charge is -2.19. The lowest BCUT2D eigenvalue weighted by Crippen LogP contribution is -2.27. The van der Waals surface area contributed by atoms with Crippen LogP contribution < -0.4 is 11.1 Å². The van der Waals surface area contributed by atoms with Gasteiger partial charge in [0, 0.05) is 71.1 Å². The molecule has 4 N–H and O–H groups in total. The van der Waals surface area contributed by atoms with E-state index in [-0.39, 0.29) is 28.0 Å². The van der Waals surface area contributed by atoms with E-state index in [2.05, 4.69) is 91.8 Å². The van der Waals surface area contributed by atoms with Gasteiger partial charge >= 0.3 is 18.2 Å². The Bertz CT molecular complexity index is 2780. The predicted octanol–water partition coefficient (Wildman–Crippen LogP) is 12.1. The molecule has 0 unspecified atom stereocenters. The first kappa shape index (κ1) is 62.4. The highest BCUT2D eigenvalue weighted by molar-refractivity contribution is 14.1. The van der Waals surface area contributed by atoms with Gasteiger partial charge in [-0.25, -0.2) is 29.5 Å². The maximum Gasteiger partial charge on any atom is 0.446 e. The van der Waals surface area contributed by atoms with E-state index in [1.165, 1.54) is 6.07 Å². The molecular formula is C48H57F3IN11O7. The molecule has 0 saturated carbocycles. The van der Waals surface area contributed by atoms with Gasteiger partial charge in [0.15, 0.2) is 5.34 Å². The summed E-state index contributed by atoms with van der Waals surface area (Å²) in [6.45, 7) is 10.0. The smallest absolute Gasteiger partial charge is 0.446 e. The molecule has 18 nitrogen and oxygen atoms in total. The summed E-state index contributed by atoms with van der Waals surface area (Å²) in [4.78, 5) is 76.9. The number of aromatic nitrogens is 8. The predicted molar refractivity (Wildman–Crippen MR) is 276 cm³/mol. The first-order valence-electron chi connectivity index (χ1n) is 19.7. The number of nitrogens with zero attached hydrogens (tertiary/aromatic N) is 9. The molecule has 8 rings (SSSR count). The summed E-state index contributed by atoms with van der Waals surface area (Å²) in [6.07, 6.45) is 8.34. The summed E-state index contributed by atoms with van der Waals surface area (Å²) >= 11 is 2.20. The van der Waals surface area contributed by atoms with Crippen LogP contribution in [0, 0.1) is 14.5 Å². The number of hydrogen-bond acceptors (Lipinski definition) is 16. The molecule has 0 aliphatic heterocycles. The van der Waals surface area contributed by atoms with Gasteiger partial charge in [0.05, 0.1) is 22.1 Å². The molecule has 0 aliphatic carbocycles. The van der Waals surface area contributed by atoms with Crippen LogP contribution >= 0.6 is 22.6 Å². The minimum Gasteiger partial charge on any atom is -0.477 e. The van der Waals surface area contributed by atoms with Crippen molar-refractivity contribution in [1.82, 2.24) is 39.9 Å². The number of amides is 1. The Morgan fingerprint density at radius 2 is 1.14 bits per heavy atom. The number of hydrogen-bond donors (Lipinski definition) is 3. The zero-order valence-corrected chi connectivity index (χ0v) is 38.8. The molecule has 0 fully saturated rings. The number of carbonyl (C=O) groups excluding carboxylic acids is 2. The Morgan fingerprint density at radius 3 is 1.59 bits per heavy atom. The monoisotopic (exact) mass is 1080 g/mol. The van der Waals surface area contributed by atoms with Crippen LogP contribution in [0.5, 0.6) is 0 Å². The number of alkyl halides is 3. The van der Waals surface area contributed by atoms with E-state index >= 15 is 0 Å². The number of aldehydes is 1. The van der Waals surface area contributed by atoms with Crippen LogP contribution in [0.4, 0.5) is 29.6 Å². The number of nitrogen functional groups attached to an aromatic ring is 1. The van der Waals surface area contributed by atoms with Gasteiger partial charge in [0.25, 0.3) is 0 Å². The van der Waals surface area contributed by atoms with Crippen molar-refractivity contribution in [2.24, 2.45) is 11.3 Å². The van der Waals surface area contributed by atoms with Crippen LogP contribution in [0.15, 0.2) is 128 Å². The normalized spacial score (nSPS) is 10.0. The number of fused-ring (bicyclic) bond motifs is 4. The van der Waals surface area contributed by atoms with Gasteiger partial charge in [-0.1, -0.05) is 36.1 Å². The quantitative estimate of drug-likeness (QED) is 0.0349. The highest BCUT2D eigenvalue weighted by Crippen LogP contribution is 2.16. The van der Waals surface area contributed by atoms with Crippen molar-refractivity contribution in [2.45, 2.75) is 75.1 Å². The third-order valence-corrected chi connectivity index (χ3v) is 8.37. The summed E-state index contributed by atoms with van der Waals surface area (Å²) in [5.41, 5.74) is 8.34. The molecule has 0 atom stereocenters. The van der Waals surface area contributed by atoms with E-state index in [1.54, 1.807) is 73.7 Å². The van der Waals surface area contributed by atoms with Gasteiger partial charge in [0.2, 0.25) is 6.29 Å². The van der Waals surface area contributed by atoms with Crippen molar-refractivity contribution in [3.8, 4) is 0 Å². The first-order valence-corrected chi connectivity index (χ1v) is 20.8. The van der Waals surface area contributed by atoms with Crippen molar-refractivity contribution < 1.29 is 42.2 Å². The Hall–Kier alpha value is -7.63. The van der Waals surface area contributed by atoms with Gasteiger partial charge in [-0.2, -0.15) is 13.2 Å². The Morgan fingerprint density at radius 1 is 0.714 bits per heavy atom. The van der Waals surface area contributed by atoms with Crippen LogP contribution in [-0.4, -0.2) is 81.7 Å². The fourth-order valence-electron chi connectivity index (χ4n) is 4.77. The standard InChI is InChI=1S/C13H15N3O2.C9H6N2O2.C8H5IN2.C8H7N3.C5H11NO2.C2HF3O.3CH4/c1-13(2,3)18-12(17)16-11-5-4-9-8-14-7-6-10(9)15-11;12-9(13)8-2-1-6-5-10-4-3-7(6)11-8;2*9-8-2-1-6-5-10-4-3-7(6)11-8;1-5(2)3-4-8-6-7;3-2(4,5)1-6;;;/h4-8H,1-3H3,(H,15,16,17);1-5H,(H,12,13);1-5H;1-5H,(H2,9,11);5H,3-4H2,1-2H3;1H;3*1H4. The average Bonchev–Trinajstić information content (AvgIpc) is 3.29. The third-order valence-electron chi connectivity index (χ3n) is 7.77. The van der Waals surface area contributed by atoms with Crippen LogP contribution in [0.1, 0.15) is 73.8 Å². The SMILES string of the molecule is C.C.C.CC(C)(C)OC(=O)Nc1ccc2cnccc2n1.CC(C)CCON=O.Ic1ccc2cnccc2n1.Nc1ccc2cnccc2n1.O=C(O)c1ccc2cnccc2n1.O=CC(F)(F)F. The van der Waals surface area contributed by atoms with Crippen molar-refractivity contribution in [3.63, 3.8) is 0 Å². The lowest BCUT2D eigenvalue weighted by atomic mass is 10.1. The molecule has 8 heterocycles. The van der Waals surface area contributed by atoms with Gasteiger partial charge in [-0.15, -0.1) is 4.91 Å². The molecule has 0 spiro atoms. The van der Waals surface area contributed by atoms with Crippen molar-refractivity contribution in [3.05, 3.63) is 137 Å². The topological polar surface area (TPSA) is 260 Å². The van der Waals surface area contributed by atoms with Crippen molar-refractivity contribution in [1.29, 1.82) is 0 Å². The number of carboxylic acid groups (broad SMARTS) is 1. The number of pyridine rings is 8. The number of nitrogens with two attached hydrogens (primary N) is 1. The Balaban J connectivity index is 0.000000834. The second-order valence-corrected chi connectivity index (χ2v) is 15.8. The number of aromatic carboxylic acids is 1. The number of rotatable bonds is 6. The molecule has 0 radical (unpaired) electrons. The summed E-state index contributed by atoms with van der Waals surface area (Å²) < 4.78 is 37.4. The maximum absolute atomic E-state index is 11.6. The van der Waals surface area contributed by atoms with Gasteiger partial charge in [-0.05, 0) is 128 Å². The number of anilines is 2.